The predicted octanol–water partition coefficient (Wildman–Crippen LogP) is 3.69. The Morgan fingerprint density at radius 1 is 0.966 bits per heavy atom. The zero-order valence-corrected chi connectivity index (χ0v) is 17.2. The Labute approximate surface area is 171 Å². The van der Waals surface area contributed by atoms with Crippen LogP contribution in [0, 0.1) is 0 Å². The minimum atomic E-state index is -0.644. The third kappa shape index (κ3) is 5.57. The van der Waals surface area contributed by atoms with E-state index in [0.717, 1.165) is 0 Å². The van der Waals surface area contributed by atoms with Crippen molar-refractivity contribution < 1.29 is 19.1 Å². The van der Waals surface area contributed by atoms with E-state index >= 15 is 0 Å². The highest BCUT2D eigenvalue weighted by molar-refractivity contribution is 5.96. The number of amides is 2. The smallest absolute Gasteiger partial charge is 0.265 e. The molecule has 0 bridgehead atoms. The molecule has 154 valence electrons. The lowest BCUT2D eigenvalue weighted by Crippen LogP contribution is -2.40. The Kier molecular flexibility index (Phi) is 6.88. The summed E-state index contributed by atoms with van der Waals surface area (Å²) in [6, 6.07) is 14.7. The van der Waals surface area contributed by atoms with E-state index in [9.17, 15) is 9.59 Å². The summed E-state index contributed by atoms with van der Waals surface area (Å²) >= 11 is 0. The summed E-state index contributed by atoms with van der Waals surface area (Å²) in [5.41, 5.74) is 2.44. The molecular weight excluding hydrogens is 368 g/mol. The van der Waals surface area contributed by atoms with E-state index in [4.69, 9.17) is 9.47 Å². The van der Waals surface area contributed by atoms with Crippen LogP contribution in [0.3, 0.4) is 0 Å². The summed E-state index contributed by atoms with van der Waals surface area (Å²) in [5.74, 6) is 0.837. The first-order valence-corrected chi connectivity index (χ1v) is 9.98. The van der Waals surface area contributed by atoms with Crippen molar-refractivity contribution in [2.24, 2.45) is 0 Å². The monoisotopic (exact) mass is 396 g/mol. The van der Waals surface area contributed by atoms with Crippen molar-refractivity contribution in [1.82, 2.24) is 4.90 Å². The summed E-state index contributed by atoms with van der Waals surface area (Å²) in [5, 5.41) is 2.83. The third-order valence-corrected chi connectivity index (χ3v) is 4.93. The van der Waals surface area contributed by atoms with Crippen LogP contribution in [0.2, 0.25) is 0 Å². The van der Waals surface area contributed by atoms with Crippen LogP contribution >= 0.6 is 0 Å². The quantitative estimate of drug-likeness (QED) is 0.809. The number of ether oxygens (including phenoxy) is 2. The number of carbonyl (C=O) groups excluding carboxylic acids is 2. The van der Waals surface area contributed by atoms with Crippen LogP contribution in [-0.4, -0.2) is 49.1 Å². The van der Waals surface area contributed by atoms with E-state index in [1.165, 1.54) is 5.56 Å². The van der Waals surface area contributed by atoms with Crippen molar-refractivity contribution in [3.05, 3.63) is 59.7 Å². The van der Waals surface area contributed by atoms with Gasteiger partial charge in [0.25, 0.3) is 11.8 Å². The molecular formula is C23H28N2O4. The maximum atomic E-state index is 12.5. The third-order valence-electron chi connectivity index (χ3n) is 4.93. The Balaban J connectivity index is 1.54. The van der Waals surface area contributed by atoms with Crippen molar-refractivity contribution in [1.29, 1.82) is 0 Å². The highest BCUT2D eigenvalue weighted by Gasteiger charge is 2.19. The van der Waals surface area contributed by atoms with Gasteiger partial charge in [-0.2, -0.15) is 0 Å². The van der Waals surface area contributed by atoms with Gasteiger partial charge in [-0.3, -0.25) is 9.59 Å². The molecule has 1 fully saturated rings. The normalized spacial score (nSPS) is 15.1. The number of morpholine rings is 1. The first-order valence-electron chi connectivity index (χ1n) is 9.98. The summed E-state index contributed by atoms with van der Waals surface area (Å²) in [6.07, 6.45) is -0.644. The molecule has 6 nitrogen and oxygen atoms in total. The Morgan fingerprint density at radius 3 is 2.17 bits per heavy atom. The molecule has 2 aromatic carbocycles. The maximum absolute atomic E-state index is 12.5. The number of nitrogens with zero attached hydrogens (tertiary/aromatic N) is 1. The molecule has 1 saturated heterocycles. The Morgan fingerprint density at radius 2 is 1.59 bits per heavy atom. The molecule has 1 heterocycles. The van der Waals surface area contributed by atoms with Crippen molar-refractivity contribution in [2.75, 3.05) is 31.6 Å². The molecule has 0 aliphatic carbocycles. The molecule has 1 unspecified atom stereocenters. The SMILES string of the molecule is CC(Oc1ccc(C(C)C)cc1)C(=O)Nc1ccc(C(=O)N2CCOCC2)cc1. The lowest BCUT2D eigenvalue weighted by molar-refractivity contribution is -0.122. The molecule has 0 aromatic heterocycles. The fourth-order valence-corrected chi connectivity index (χ4v) is 3.08. The van der Waals surface area contributed by atoms with Gasteiger partial charge in [0.05, 0.1) is 13.2 Å². The zero-order chi connectivity index (χ0) is 20.8. The molecule has 1 aliphatic rings. The van der Waals surface area contributed by atoms with Gasteiger partial charge < -0.3 is 19.7 Å². The Hall–Kier alpha value is -2.86. The number of rotatable bonds is 6. The largest absolute Gasteiger partial charge is 0.481 e. The number of carbonyl (C=O) groups is 2. The average Bonchev–Trinajstić information content (AvgIpc) is 2.74. The summed E-state index contributed by atoms with van der Waals surface area (Å²) in [7, 11) is 0. The molecule has 29 heavy (non-hydrogen) atoms. The Bertz CT molecular complexity index is 825. The van der Waals surface area contributed by atoms with Crippen LogP contribution in [0.4, 0.5) is 5.69 Å². The van der Waals surface area contributed by atoms with Crippen LogP contribution in [-0.2, 0) is 9.53 Å². The minimum Gasteiger partial charge on any atom is -0.481 e. The van der Waals surface area contributed by atoms with E-state index in [-0.39, 0.29) is 11.8 Å². The van der Waals surface area contributed by atoms with E-state index < -0.39 is 6.10 Å². The van der Waals surface area contributed by atoms with Gasteiger partial charge in [0.15, 0.2) is 6.10 Å². The van der Waals surface area contributed by atoms with Crippen molar-refractivity contribution >= 4 is 17.5 Å². The van der Waals surface area contributed by atoms with Gasteiger partial charge in [-0.25, -0.2) is 0 Å². The first kappa shape index (κ1) is 20.9. The average molecular weight is 396 g/mol. The number of benzene rings is 2. The molecule has 3 rings (SSSR count). The molecule has 2 amide bonds. The van der Waals surface area contributed by atoms with Gasteiger partial charge in [0.2, 0.25) is 0 Å². The van der Waals surface area contributed by atoms with Crippen molar-refractivity contribution in [2.45, 2.75) is 32.8 Å². The van der Waals surface area contributed by atoms with Gasteiger partial charge in [-0.1, -0.05) is 26.0 Å². The van der Waals surface area contributed by atoms with E-state index in [1.807, 2.05) is 24.3 Å². The summed E-state index contributed by atoms with van der Waals surface area (Å²) in [4.78, 5) is 26.7. The lowest BCUT2D eigenvalue weighted by Gasteiger charge is -2.26. The number of anilines is 1. The van der Waals surface area contributed by atoms with Gasteiger partial charge >= 0.3 is 0 Å². The second kappa shape index (κ2) is 9.56. The van der Waals surface area contributed by atoms with Crippen molar-refractivity contribution in [3.8, 4) is 5.75 Å². The molecule has 0 spiro atoms. The molecule has 1 aliphatic heterocycles. The molecule has 1 N–H and O–H groups in total. The standard InChI is InChI=1S/C23H28N2O4/c1-16(2)18-6-10-21(11-7-18)29-17(3)22(26)24-20-8-4-19(5-9-20)23(27)25-12-14-28-15-13-25/h4-11,16-17H,12-15H2,1-3H3,(H,24,26). The zero-order valence-electron chi connectivity index (χ0n) is 17.2. The minimum absolute atomic E-state index is 0.0206. The van der Waals surface area contributed by atoms with Gasteiger partial charge in [-0.15, -0.1) is 0 Å². The second-order valence-corrected chi connectivity index (χ2v) is 7.45. The maximum Gasteiger partial charge on any atom is 0.265 e. The second-order valence-electron chi connectivity index (χ2n) is 7.45. The molecule has 0 radical (unpaired) electrons. The highest BCUT2D eigenvalue weighted by Crippen LogP contribution is 2.20. The number of hydrogen-bond acceptors (Lipinski definition) is 4. The predicted molar refractivity (Wildman–Crippen MR) is 112 cm³/mol. The molecule has 6 heteroatoms. The van der Waals surface area contributed by atoms with Crippen molar-refractivity contribution in [3.63, 3.8) is 0 Å². The molecule has 2 aromatic rings. The van der Waals surface area contributed by atoms with E-state index in [1.54, 1.807) is 36.1 Å². The van der Waals surface area contributed by atoms with Crippen LogP contribution in [0.25, 0.3) is 0 Å². The summed E-state index contributed by atoms with van der Waals surface area (Å²) in [6.45, 7) is 8.31. The van der Waals surface area contributed by atoms with Crippen LogP contribution < -0.4 is 10.1 Å². The van der Waals surface area contributed by atoms with Gasteiger partial charge in [0.1, 0.15) is 5.75 Å². The fourth-order valence-electron chi connectivity index (χ4n) is 3.08. The molecule has 1 atom stereocenters. The van der Waals surface area contributed by atoms with Crippen LogP contribution in [0.5, 0.6) is 5.75 Å². The van der Waals surface area contributed by atoms with E-state index in [2.05, 4.69) is 19.2 Å². The van der Waals surface area contributed by atoms with Gasteiger partial charge in [0, 0.05) is 24.3 Å². The number of nitrogens with one attached hydrogen (secondary N) is 1. The fraction of sp³-hybridized carbons (Fsp3) is 0.391. The molecule has 0 saturated carbocycles. The number of hydrogen-bond donors (Lipinski definition) is 1. The first-order chi connectivity index (χ1) is 13.9. The topological polar surface area (TPSA) is 67.9 Å². The summed E-state index contributed by atoms with van der Waals surface area (Å²) < 4.78 is 11.0. The van der Waals surface area contributed by atoms with Crippen LogP contribution in [0.1, 0.15) is 42.6 Å². The lowest BCUT2D eigenvalue weighted by atomic mass is 10.0. The van der Waals surface area contributed by atoms with Crippen LogP contribution in [0.15, 0.2) is 48.5 Å². The highest BCUT2D eigenvalue weighted by atomic mass is 16.5. The van der Waals surface area contributed by atoms with E-state index in [0.29, 0.717) is 49.2 Å². The van der Waals surface area contributed by atoms with Gasteiger partial charge in [-0.05, 0) is 54.8 Å².